The van der Waals surface area contributed by atoms with E-state index in [1.54, 1.807) is 17.3 Å². The lowest BCUT2D eigenvalue weighted by Gasteiger charge is -2.27. The van der Waals surface area contributed by atoms with E-state index in [-0.39, 0.29) is 5.91 Å². The van der Waals surface area contributed by atoms with Gasteiger partial charge in [-0.1, -0.05) is 0 Å². The lowest BCUT2D eigenvalue weighted by Crippen LogP contribution is -2.37. The highest BCUT2D eigenvalue weighted by molar-refractivity contribution is 5.91. The van der Waals surface area contributed by atoms with Crippen LogP contribution in [0.3, 0.4) is 0 Å². The average molecular weight is 248 g/mol. The molecule has 0 unspecified atom stereocenters. The molecule has 18 heavy (non-hydrogen) atoms. The van der Waals surface area contributed by atoms with Gasteiger partial charge in [0.1, 0.15) is 5.69 Å². The highest BCUT2D eigenvalue weighted by Crippen LogP contribution is 2.13. The van der Waals surface area contributed by atoms with Gasteiger partial charge >= 0.3 is 0 Å². The van der Waals surface area contributed by atoms with Crippen molar-refractivity contribution in [1.29, 1.82) is 0 Å². The molecule has 0 atom stereocenters. The quantitative estimate of drug-likeness (QED) is 0.862. The maximum Gasteiger partial charge on any atom is 0.273 e. The van der Waals surface area contributed by atoms with Crippen molar-refractivity contribution in [2.45, 2.75) is 19.8 Å². The smallest absolute Gasteiger partial charge is 0.273 e. The molecule has 0 bridgehead atoms. The number of aromatic nitrogens is 2. The maximum atomic E-state index is 12.1. The molecule has 5 heteroatoms. The second-order valence-electron chi connectivity index (χ2n) is 4.92. The molecule has 1 amide bonds. The molecule has 1 fully saturated rings. The lowest BCUT2D eigenvalue weighted by molar-refractivity contribution is 0.0756. The molecular formula is C13H20N4O. The largest absolute Gasteiger partial charge is 0.340 e. The van der Waals surface area contributed by atoms with Crippen LogP contribution in [0.25, 0.3) is 0 Å². The van der Waals surface area contributed by atoms with Gasteiger partial charge in [0.05, 0.1) is 11.9 Å². The van der Waals surface area contributed by atoms with E-state index >= 15 is 0 Å². The first-order chi connectivity index (χ1) is 8.66. The van der Waals surface area contributed by atoms with E-state index in [1.165, 1.54) is 0 Å². The molecule has 0 radical (unpaired) electrons. The third kappa shape index (κ3) is 3.26. The molecule has 0 spiro atoms. The number of carbonyl (C=O) groups is 1. The summed E-state index contributed by atoms with van der Waals surface area (Å²) in [7, 11) is 1.84. The third-order valence-electron chi connectivity index (χ3n) is 3.34. The minimum Gasteiger partial charge on any atom is -0.340 e. The summed E-state index contributed by atoms with van der Waals surface area (Å²) in [6.07, 6.45) is 5.45. The number of carbonyl (C=O) groups excluding carboxylic acids is 1. The van der Waals surface area contributed by atoms with E-state index in [0.717, 1.165) is 38.2 Å². The summed E-state index contributed by atoms with van der Waals surface area (Å²) in [5, 5.41) is 3.33. The Kier molecular flexibility index (Phi) is 4.25. The van der Waals surface area contributed by atoms with Crippen LogP contribution in [0.15, 0.2) is 12.4 Å². The van der Waals surface area contributed by atoms with Crippen molar-refractivity contribution in [3.05, 3.63) is 23.8 Å². The summed E-state index contributed by atoms with van der Waals surface area (Å²) >= 11 is 0. The SMILES string of the molecule is Cc1cnc(C(=O)N(C)CC2CCNCC2)cn1. The molecule has 1 saturated heterocycles. The topological polar surface area (TPSA) is 58.1 Å². The molecule has 2 rings (SSSR count). The van der Waals surface area contributed by atoms with E-state index in [4.69, 9.17) is 0 Å². The Balaban J connectivity index is 1.93. The molecule has 0 aromatic carbocycles. The Hall–Kier alpha value is -1.49. The van der Waals surface area contributed by atoms with Gasteiger partial charge in [-0.05, 0) is 38.8 Å². The summed E-state index contributed by atoms with van der Waals surface area (Å²) in [6, 6.07) is 0. The summed E-state index contributed by atoms with van der Waals surface area (Å²) in [5.41, 5.74) is 1.25. The highest BCUT2D eigenvalue weighted by Gasteiger charge is 2.19. The zero-order valence-corrected chi connectivity index (χ0v) is 11.0. The Morgan fingerprint density at radius 1 is 1.39 bits per heavy atom. The molecule has 1 N–H and O–H groups in total. The van der Waals surface area contributed by atoms with Crippen molar-refractivity contribution >= 4 is 5.91 Å². The lowest BCUT2D eigenvalue weighted by atomic mass is 9.97. The van der Waals surface area contributed by atoms with Gasteiger partial charge in [-0.25, -0.2) is 4.98 Å². The van der Waals surface area contributed by atoms with Crippen LogP contribution in [0.1, 0.15) is 29.0 Å². The second-order valence-corrected chi connectivity index (χ2v) is 4.92. The number of nitrogens with one attached hydrogen (secondary N) is 1. The van der Waals surface area contributed by atoms with Crippen molar-refractivity contribution in [1.82, 2.24) is 20.2 Å². The number of piperidine rings is 1. The number of amides is 1. The molecule has 0 aliphatic carbocycles. The normalized spacial score (nSPS) is 16.6. The predicted octanol–water partition coefficient (Wildman–Crippen LogP) is 0.857. The predicted molar refractivity (Wildman–Crippen MR) is 69.3 cm³/mol. The zero-order valence-electron chi connectivity index (χ0n) is 11.0. The first-order valence-corrected chi connectivity index (χ1v) is 6.41. The third-order valence-corrected chi connectivity index (χ3v) is 3.34. The van der Waals surface area contributed by atoms with Crippen molar-refractivity contribution < 1.29 is 4.79 Å². The first-order valence-electron chi connectivity index (χ1n) is 6.41. The van der Waals surface area contributed by atoms with Crippen molar-refractivity contribution in [2.24, 2.45) is 5.92 Å². The number of nitrogens with zero attached hydrogens (tertiary/aromatic N) is 3. The van der Waals surface area contributed by atoms with Crippen LogP contribution in [0.2, 0.25) is 0 Å². The van der Waals surface area contributed by atoms with Crippen LogP contribution in [0, 0.1) is 12.8 Å². The summed E-state index contributed by atoms with van der Waals surface area (Å²) in [5.74, 6) is 0.555. The second kappa shape index (κ2) is 5.91. The van der Waals surface area contributed by atoms with E-state index < -0.39 is 0 Å². The fourth-order valence-electron chi connectivity index (χ4n) is 2.23. The monoisotopic (exact) mass is 248 g/mol. The summed E-state index contributed by atoms with van der Waals surface area (Å²) in [4.78, 5) is 22.1. The van der Waals surface area contributed by atoms with Crippen LogP contribution in [0.5, 0.6) is 0 Å². The van der Waals surface area contributed by atoms with Crippen molar-refractivity contribution in [2.75, 3.05) is 26.7 Å². The van der Waals surface area contributed by atoms with Crippen LogP contribution in [0.4, 0.5) is 0 Å². The van der Waals surface area contributed by atoms with Gasteiger partial charge in [-0.2, -0.15) is 0 Å². The molecule has 1 aliphatic heterocycles. The molecule has 1 aliphatic rings. The molecule has 2 heterocycles. The minimum absolute atomic E-state index is 0.0407. The van der Waals surface area contributed by atoms with Gasteiger partial charge in [0.15, 0.2) is 0 Å². The van der Waals surface area contributed by atoms with Gasteiger partial charge in [0.25, 0.3) is 5.91 Å². The fraction of sp³-hybridized carbons (Fsp3) is 0.615. The summed E-state index contributed by atoms with van der Waals surface area (Å²) < 4.78 is 0. The molecule has 98 valence electrons. The van der Waals surface area contributed by atoms with Crippen LogP contribution >= 0.6 is 0 Å². The number of hydrogen-bond acceptors (Lipinski definition) is 4. The molecule has 0 saturated carbocycles. The Morgan fingerprint density at radius 2 is 2.11 bits per heavy atom. The standard InChI is InChI=1S/C13H20N4O/c1-10-7-16-12(8-15-10)13(18)17(2)9-11-3-5-14-6-4-11/h7-8,11,14H,3-6,9H2,1-2H3. The maximum absolute atomic E-state index is 12.1. The van der Waals surface area contributed by atoms with Gasteiger partial charge in [0, 0.05) is 19.8 Å². The average Bonchev–Trinajstić information content (AvgIpc) is 2.40. The van der Waals surface area contributed by atoms with Crippen LogP contribution in [-0.2, 0) is 0 Å². The van der Waals surface area contributed by atoms with Crippen molar-refractivity contribution in [3.63, 3.8) is 0 Å². The van der Waals surface area contributed by atoms with E-state index in [0.29, 0.717) is 11.6 Å². The number of rotatable bonds is 3. The van der Waals surface area contributed by atoms with Crippen LogP contribution in [-0.4, -0.2) is 47.5 Å². The number of aryl methyl sites for hydroxylation is 1. The van der Waals surface area contributed by atoms with Crippen LogP contribution < -0.4 is 5.32 Å². The molecular weight excluding hydrogens is 228 g/mol. The number of hydrogen-bond donors (Lipinski definition) is 1. The van der Waals surface area contributed by atoms with E-state index in [2.05, 4.69) is 15.3 Å². The first kappa shape index (κ1) is 13.0. The summed E-state index contributed by atoms with van der Waals surface area (Å²) in [6.45, 7) is 4.77. The minimum atomic E-state index is -0.0407. The van der Waals surface area contributed by atoms with Gasteiger partial charge < -0.3 is 10.2 Å². The van der Waals surface area contributed by atoms with Crippen molar-refractivity contribution in [3.8, 4) is 0 Å². The van der Waals surface area contributed by atoms with Gasteiger partial charge in [-0.15, -0.1) is 0 Å². The van der Waals surface area contributed by atoms with Gasteiger partial charge in [0.2, 0.25) is 0 Å². The Labute approximate surface area is 108 Å². The Bertz CT molecular complexity index is 398. The highest BCUT2D eigenvalue weighted by atomic mass is 16.2. The molecule has 1 aromatic rings. The molecule has 5 nitrogen and oxygen atoms in total. The molecule has 1 aromatic heterocycles. The zero-order chi connectivity index (χ0) is 13.0. The Morgan fingerprint density at radius 3 is 2.72 bits per heavy atom. The van der Waals surface area contributed by atoms with E-state index in [9.17, 15) is 4.79 Å². The van der Waals surface area contributed by atoms with Gasteiger partial charge in [-0.3, -0.25) is 9.78 Å². The van der Waals surface area contributed by atoms with E-state index in [1.807, 2.05) is 14.0 Å². The fourth-order valence-corrected chi connectivity index (χ4v) is 2.23.